The molecule has 1 heterocycles. The summed E-state index contributed by atoms with van der Waals surface area (Å²) in [5, 5.41) is 0. The molecule has 0 saturated carbocycles. The number of pyridine rings is 1. The zero-order chi connectivity index (χ0) is 8.69. The molecule has 0 aliphatic rings. The number of hydrogen-bond donors (Lipinski definition) is 0. The van der Waals surface area contributed by atoms with Crippen molar-refractivity contribution in [2.24, 2.45) is 0 Å². The molecule has 0 aromatic carbocycles. The molecule has 0 aliphatic heterocycles. The van der Waals surface area contributed by atoms with Crippen LogP contribution in [-0.4, -0.2) is 4.98 Å². The van der Waals surface area contributed by atoms with E-state index in [2.05, 4.69) is 11.6 Å². The van der Waals surface area contributed by atoms with Crippen molar-refractivity contribution in [3.8, 4) is 0 Å². The van der Waals surface area contributed by atoms with E-state index in [1.807, 2.05) is 39.0 Å². The fourth-order valence-electron chi connectivity index (χ4n) is 0.679. The molecule has 0 spiro atoms. The second kappa shape index (κ2) is 5.66. The molecule has 0 N–H and O–H groups in total. The number of aryl methyl sites for hydroxylation is 2. The van der Waals surface area contributed by atoms with E-state index < -0.39 is 0 Å². The van der Waals surface area contributed by atoms with Gasteiger partial charge in [0.15, 0.2) is 0 Å². The Morgan fingerprint density at radius 2 is 1.64 bits per heavy atom. The first-order valence-electron chi connectivity index (χ1n) is 3.68. The maximum Gasteiger partial charge on any atom is 0.0375 e. The van der Waals surface area contributed by atoms with Crippen molar-refractivity contribution in [2.75, 3.05) is 0 Å². The fraction of sp³-hybridized carbons (Fsp3) is 0.300. The summed E-state index contributed by atoms with van der Waals surface area (Å²) in [6.45, 7) is 9.24. The van der Waals surface area contributed by atoms with Crippen molar-refractivity contribution in [3.63, 3.8) is 0 Å². The molecule has 1 rings (SSSR count). The molecule has 0 aliphatic carbocycles. The summed E-state index contributed by atoms with van der Waals surface area (Å²) in [6.07, 6.45) is 1.75. The lowest BCUT2D eigenvalue weighted by Crippen LogP contribution is -1.81. The lowest BCUT2D eigenvalue weighted by molar-refractivity contribution is 1.12. The predicted molar refractivity (Wildman–Crippen MR) is 49.6 cm³/mol. The zero-order valence-corrected chi connectivity index (χ0v) is 7.46. The van der Waals surface area contributed by atoms with E-state index in [4.69, 9.17) is 0 Å². The maximum absolute atomic E-state index is 4.17. The number of allylic oxidation sites excluding steroid dienone is 1. The molecule has 0 saturated heterocycles. The number of nitrogens with zero attached hydrogens (tertiary/aromatic N) is 1. The van der Waals surface area contributed by atoms with Crippen LogP contribution in [0.5, 0.6) is 0 Å². The molecule has 1 heteroatoms. The van der Waals surface area contributed by atoms with Crippen molar-refractivity contribution in [2.45, 2.75) is 20.8 Å². The highest BCUT2D eigenvalue weighted by Crippen LogP contribution is 1.93. The van der Waals surface area contributed by atoms with E-state index in [9.17, 15) is 0 Å². The minimum absolute atomic E-state index is 1.09. The van der Waals surface area contributed by atoms with Crippen LogP contribution < -0.4 is 0 Å². The van der Waals surface area contributed by atoms with Gasteiger partial charge < -0.3 is 0 Å². The standard InChI is InChI=1S/C7H9N.C3H6/c1-6-4-3-5-7(2)8-6;1-3-2/h3-5H,1-2H3;3H,1H2,2H3. The number of hydrogen-bond acceptors (Lipinski definition) is 1. The Balaban J connectivity index is 0.000000292. The van der Waals surface area contributed by atoms with Crippen molar-refractivity contribution < 1.29 is 0 Å². The normalized spacial score (nSPS) is 7.91. The van der Waals surface area contributed by atoms with E-state index >= 15 is 0 Å². The highest BCUT2D eigenvalue weighted by molar-refractivity contribution is 5.07. The van der Waals surface area contributed by atoms with Crippen LogP contribution in [-0.2, 0) is 0 Å². The summed E-state index contributed by atoms with van der Waals surface area (Å²) in [6, 6.07) is 6.00. The van der Waals surface area contributed by atoms with E-state index in [1.54, 1.807) is 6.08 Å². The molecular weight excluding hydrogens is 134 g/mol. The second-order valence-corrected chi connectivity index (χ2v) is 2.33. The third kappa shape index (κ3) is 5.34. The minimum atomic E-state index is 1.09. The van der Waals surface area contributed by atoms with Gasteiger partial charge in [-0.25, -0.2) is 0 Å². The third-order valence-corrected chi connectivity index (χ3v) is 1.03. The van der Waals surface area contributed by atoms with Gasteiger partial charge >= 0.3 is 0 Å². The Kier molecular flexibility index (Phi) is 5.09. The first kappa shape index (κ1) is 9.89. The van der Waals surface area contributed by atoms with Gasteiger partial charge in [0.25, 0.3) is 0 Å². The molecule has 0 bridgehead atoms. The molecule has 0 fully saturated rings. The molecular formula is C10H15N. The molecule has 1 nitrogen and oxygen atoms in total. The molecule has 0 amide bonds. The van der Waals surface area contributed by atoms with Crippen LogP contribution in [0.2, 0.25) is 0 Å². The van der Waals surface area contributed by atoms with Crippen LogP contribution in [0.15, 0.2) is 30.9 Å². The van der Waals surface area contributed by atoms with Gasteiger partial charge in [-0.15, -0.1) is 6.58 Å². The topological polar surface area (TPSA) is 12.9 Å². The van der Waals surface area contributed by atoms with Gasteiger partial charge in [0, 0.05) is 11.4 Å². The molecule has 0 atom stereocenters. The monoisotopic (exact) mass is 149 g/mol. The summed E-state index contributed by atoms with van der Waals surface area (Å²) in [5.74, 6) is 0. The van der Waals surface area contributed by atoms with Gasteiger partial charge in [-0.1, -0.05) is 12.1 Å². The smallest absolute Gasteiger partial charge is 0.0375 e. The minimum Gasteiger partial charge on any atom is -0.258 e. The molecule has 1 aromatic rings. The van der Waals surface area contributed by atoms with Gasteiger partial charge in [-0.2, -0.15) is 0 Å². The first-order chi connectivity index (χ1) is 5.20. The van der Waals surface area contributed by atoms with Gasteiger partial charge in [0.2, 0.25) is 0 Å². The van der Waals surface area contributed by atoms with Gasteiger partial charge in [0.1, 0.15) is 0 Å². The van der Waals surface area contributed by atoms with E-state index in [0.717, 1.165) is 11.4 Å². The lowest BCUT2D eigenvalue weighted by atomic mass is 10.3. The molecule has 0 radical (unpaired) electrons. The average molecular weight is 149 g/mol. The molecule has 0 unspecified atom stereocenters. The maximum atomic E-state index is 4.17. The Bertz CT molecular complexity index is 199. The number of rotatable bonds is 0. The summed E-state index contributed by atoms with van der Waals surface area (Å²) in [7, 11) is 0. The van der Waals surface area contributed by atoms with E-state index in [-0.39, 0.29) is 0 Å². The van der Waals surface area contributed by atoms with Crippen LogP contribution in [0.4, 0.5) is 0 Å². The summed E-state index contributed by atoms with van der Waals surface area (Å²) in [5.41, 5.74) is 2.18. The van der Waals surface area contributed by atoms with Gasteiger partial charge in [0.05, 0.1) is 0 Å². The first-order valence-corrected chi connectivity index (χ1v) is 3.68. The Labute approximate surface area is 68.8 Å². The van der Waals surface area contributed by atoms with Gasteiger partial charge in [-0.3, -0.25) is 4.98 Å². The fourth-order valence-corrected chi connectivity index (χ4v) is 0.679. The second-order valence-electron chi connectivity index (χ2n) is 2.33. The summed E-state index contributed by atoms with van der Waals surface area (Å²) >= 11 is 0. The zero-order valence-electron chi connectivity index (χ0n) is 7.46. The highest BCUT2D eigenvalue weighted by Gasteiger charge is 1.82. The highest BCUT2D eigenvalue weighted by atomic mass is 14.7. The van der Waals surface area contributed by atoms with Crippen molar-refractivity contribution in [3.05, 3.63) is 42.2 Å². The van der Waals surface area contributed by atoms with Crippen LogP contribution in [0.3, 0.4) is 0 Å². The quantitative estimate of drug-likeness (QED) is 0.517. The van der Waals surface area contributed by atoms with Gasteiger partial charge in [-0.05, 0) is 32.9 Å². The van der Waals surface area contributed by atoms with Crippen molar-refractivity contribution in [1.82, 2.24) is 4.98 Å². The Morgan fingerprint density at radius 1 is 1.27 bits per heavy atom. The Morgan fingerprint density at radius 3 is 1.82 bits per heavy atom. The van der Waals surface area contributed by atoms with Crippen LogP contribution in [0.1, 0.15) is 18.3 Å². The average Bonchev–Trinajstić information content (AvgIpc) is 1.88. The Hall–Kier alpha value is -1.11. The van der Waals surface area contributed by atoms with E-state index in [0.29, 0.717) is 0 Å². The van der Waals surface area contributed by atoms with Crippen LogP contribution >= 0.6 is 0 Å². The van der Waals surface area contributed by atoms with Crippen molar-refractivity contribution in [1.29, 1.82) is 0 Å². The summed E-state index contributed by atoms with van der Waals surface area (Å²) in [4.78, 5) is 4.17. The number of aromatic nitrogens is 1. The largest absolute Gasteiger partial charge is 0.258 e. The SMILES string of the molecule is C=CC.Cc1cccc(C)n1. The summed E-state index contributed by atoms with van der Waals surface area (Å²) < 4.78 is 0. The molecule has 1 aromatic heterocycles. The van der Waals surface area contributed by atoms with Crippen LogP contribution in [0.25, 0.3) is 0 Å². The predicted octanol–water partition coefficient (Wildman–Crippen LogP) is 2.89. The lowest BCUT2D eigenvalue weighted by Gasteiger charge is -1.90. The van der Waals surface area contributed by atoms with Crippen LogP contribution in [0, 0.1) is 13.8 Å². The van der Waals surface area contributed by atoms with E-state index in [1.165, 1.54) is 0 Å². The molecule has 60 valence electrons. The third-order valence-electron chi connectivity index (χ3n) is 1.03. The molecule has 11 heavy (non-hydrogen) atoms. The van der Waals surface area contributed by atoms with Crippen molar-refractivity contribution >= 4 is 0 Å².